The van der Waals surface area contributed by atoms with E-state index in [2.05, 4.69) is 17.5 Å². The van der Waals surface area contributed by atoms with E-state index >= 15 is 0 Å². The molecule has 2 nitrogen and oxygen atoms in total. The molecule has 0 radical (unpaired) electrons. The fourth-order valence-electron chi connectivity index (χ4n) is 1.05. The lowest BCUT2D eigenvalue weighted by molar-refractivity contribution is 0.282. The Kier molecular flexibility index (Phi) is 4.23. The molecule has 2 N–H and O–H groups in total. The zero-order chi connectivity index (χ0) is 9.52. The van der Waals surface area contributed by atoms with E-state index in [-0.39, 0.29) is 6.61 Å². The maximum Gasteiger partial charge on any atom is 0.0681 e. The summed E-state index contributed by atoms with van der Waals surface area (Å²) in [6.45, 7) is 0.988. The monoisotopic (exact) mass is 177 g/mol. The summed E-state index contributed by atoms with van der Waals surface area (Å²) in [5, 5.41) is 11.8. The summed E-state index contributed by atoms with van der Waals surface area (Å²) >= 11 is 0. The molecule has 0 fully saturated rings. The van der Waals surface area contributed by atoms with Crippen molar-refractivity contribution >= 4 is 6.08 Å². The predicted molar refractivity (Wildman–Crippen MR) is 55.3 cm³/mol. The molecule has 0 spiro atoms. The molecule has 70 valence electrons. The molecular formula is C11H15NO. The first-order chi connectivity index (χ1) is 6.36. The van der Waals surface area contributed by atoms with Gasteiger partial charge in [-0.15, -0.1) is 0 Å². The first-order valence-corrected chi connectivity index (χ1v) is 4.37. The van der Waals surface area contributed by atoms with Crippen molar-refractivity contribution in [3.05, 3.63) is 41.5 Å². The topological polar surface area (TPSA) is 32.3 Å². The Hall–Kier alpha value is -1.12. The zero-order valence-electron chi connectivity index (χ0n) is 7.83. The van der Waals surface area contributed by atoms with Gasteiger partial charge >= 0.3 is 0 Å². The summed E-state index contributed by atoms with van der Waals surface area (Å²) < 4.78 is 0. The zero-order valence-corrected chi connectivity index (χ0v) is 7.83. The largest absolute Gasteiger partial charge is 0.392 e. The van der Waals surface area contributed by atoms with Gasteiger partial charge in [0.05, 0.1) is 6.61 Å². The Morgan fingerprint density at radius 3 is 2.54 bits per heavy atom. The van der Waals surface area contributed by atoms with Gasteiger partial charge in [0, 0.05) is 6.54 Å². The summed E-state index contributed by atoms with van der Waals surface area (Å²) in [6, 6.07) is 7.85. The smallest absolute Gasteiger partial charge is 0.0681 e. The van der Waals surface area contributed by atoms with Crippen LogP contribution in [-0.2, 0) is 6.61 Å². The number of aliphatic hydroxyl groups is 1. The normalized spacial score (nSPS) is 10.9. The van der Waals surface area contributed by atoms with E-state index < -0.39 is 0 Å². The molecular weight excluding hydrogens is 162 g/mol. The number of hydrogen-bond donors (Lipinski definition) is 2. The highest BCUT2D eigenvalue weighted by atomic mass is 16.3. The third kappa shape index (κ3) is 3.40. The Bertz CT molecular complexity index is 264. The van der Waals surface area contributed by atoms with Crippen molar-refractivity contribution < 1.29 is 5.11 Å². The number of likely N-dealkylation sites (N-methyl/N-ethyl adjacent to an activating group) is 1. The van der Waals surface area contributed by atoms with Gasteiger partial charge < -0.3 is 10.4 Å². The molecule has 1 aromatic rings. The molecule has 0 aliphatic carbocycles. The van der Waals surface area contributed by atoms with Gasteiger partial charge in [0.1, 0.15) is 0 Å². The molecule has 13 heavy (non-hydrogen) atoms. The van der Waals surface area contributed by atoms with Crippen molar-refractivity contribution in [2.45, 2.75) is 6.61 Å². The third-order valence-electron chi connectivity index (χ3n) is 1.79. The van der Waals surface area contributed by atoms with Gasteiger partial charge in [0.2, 0.25) is 0 Å². The number of benzene rings is 1. The molecule has 0 heterocycles. The number of rotatable bonds is 4. The van der Waals surface area contributed by atoms with Crippen molar-refractivity contribution in [1.29, 1.82) is 0 Å². The van der Waals surface area contributed by atoms with Gasteiger partial charge in [0.25, 0.3) is 0 Å². The molecule has 1 rings (SSSR count). The van der Waals surface area contributed by atoms with Gasteiger partial charge in [-0.2, -0.15) is 0 Å². The molecule has 0 aliphatic heterocycles. The van der Waals surface area contributed by atoms with Crippen molar-refractivity contribution in [2.24, 2.45) is 0 Å². The van der Waals surface area contributed by atoms with Gasteiger partial charge in [0.15, 0.2) is 0 Å². The van der Waals surface area contributed by atoms with E-state index in [0.717, 1.165) is 17.7 Å². The van der Waals surface area contributed by atoms with Crippen molar-refractivity contribution in [3.8, 4) is 0 Å². The van der Waals surface area contributed by atoms with Gasteiger partial charge in [-0.3, -0.25) is 0 Å². The lowest BCUT2D eigenvalue weighted by Gasteiger charge is -1.96. The molecule has 0 aliphatic rings. The summed E-state index contributed by atoms with van der Waals surface area (Å²) in [7, 11) is 1.92. The first-order valence-electron chi connectivity index (χ1n) is 4.37. The maximum absolute atomic E-state index is 8.81. The lowest BCUT2D eigenvalue weighted by atomic mass is 10.1. The standard InChI is InChI=1S/C11H15NO/c1-12-8-2-3-10-4-6-11(9-13)7-5-10/h2-7,12-13H,8-9H2,1H3/b3-2-. The molecule has 1 aromatic carbocycles. The van der Waals surface area contributed by atoms with Crippen LogP contribution in [0, 0.1) is 0 Å². The van der Waals surface area contributed by atoms with Crippen LogP contribution in [0.25, 0.3) is 6.08 Å². The van der Waals surface area contributed by atoms with Crippen LogP contribution in [0.4, 0.5) is 0 Å². The van der Waals surface area contributed by atoms with Crippen LogP contribution in [0.1, 0.15) is 11.1 Å². The van der Waals surface area contributed by atoms with E-state index in [0.29, 0.717) is 0 Å². The molecule has 0 bridgehead atoms. The van der Waals surface area contributed by atoms with E-state index in [4.69, 9.17) is 5.11 Å². The Balaban J connectivity index is 2.58. The second-order valence-corrected chi connectivity index (χ2v) is 2.86. The molecule has 0 amide bonds. The first kappa shape index (κ1) is 9.96. The van der Waals surface area contributed by atoms with E-state index in [1.165, 1.54) is 0 Å². The average molecular weight is 177 g/mol. The van der Waals surface area contributed by atoms with Gasteiger partial charge in [-0.1, -0.05) is 36.4 Å². The highest BCUT2D eigenvalue weighted by Crippen LogP contribution is 2.05. The molecule has 2 heteroatoms. The van der Waals surface area contributed by atoms with Crippen LogP contribution in [0.5, 0.6) is 0 Å². The second kappa shape index (κ2) is 5.51. The van der Waals surface area contributed by atoms with Crippen LogP contribution in [0.15, 0.2) is 30.3 Å². The molecule has 0 saturated carbocycles. The predicted octanol–water partition coefficient (Wildman–Crippen LogP) is 1.41. The number of aliphatic hydroxyl groups excluding tert-OH is 1. The van der Waals surface area contributed by atoms with Crippen LogP contribution < -0.4 is 5.32 Å². The van der Waals surface area contributed by atoms with Crippen molar-refractivity contribution in [1.82, 2.24) is 5.32 Å². The fourth-order valence-corrected chi connectivity index (χ4v) is 1.05. The van der Waals surface area contributed by atoms with Crippen molar-refractivity contribution in [2.75, 3.05) is 13.6 Å². The van der Waals surface area contributed by atoms with Crippen LogP contribution in [-0.4, -0.2) is 18.7 Å². The Labute approximate surface area is 78.9 Å². The van der Waals surface area contributed by atoms with E-state index in [1.807, 2.05) is 31.3 Å². The molecule has 0 aromatic heterocycles. The van der Waals surface area contributed by atoms with Crippen LogP contribution >= 0.6 is 0 Å². The number of nitrogens with one attached hydrogen (secondary N) is 1. The molecule has 0 atom stereocenters. The minimum atomic E-state index is 0.112. The summed E-state index contributed by atoms with van der Waals surface area (Å²) in [4.78, 5) is 0. The molecule has 0 unspecified atom stereocenters. The summed E-state index contributed by atoms with van der Waals surface area (Å²) in [5.41, 5.74) is 2.11. The van der Waals surface area contributed by atoms with Crippen LogP contribution in [0.2, 0.25) is 0 Å². The second-order valence-electron chi connectivity index (χ2n) is 2.86. The average Bonchev–Trinajstić information content (AvgIpc) is 2.19. The van der Waals surface area contributed by atoms with E-state index in [9.17, 15) is 0 Å². The lowest BCUT2D eigenvalue weighted by Crippen LogP contribution is -2.03. The van der Waals surface area contributed by atoms with Gasteiger partial charge in [-0.25, -0.2) is 0 Å². The summed E-state index contributed by atoms with van der Waals surface area (Å²) in [5.74, 6) is 0. The number of hydrogen-bond acceptors (Lipinski definition) is 2. The van der Waals surface area contributed by atoms with Crippen molar-refractivity contribution in [3.63, 3.8) is 0 Å². The van der Waals surface area contributed by atoms with E-state index in [1.54, 1.807) is 0 Å². The highest BCUT2D eigenvalue weighted by Gasteiger charge is 1.88. The SMILES string of the molecule is CNC/C=C\c1ccc(CO)cc1. The quantitative estimate of drug-likeness (QED) is 0.729. The Morgan fingerprint density at radius 1 is 1.31 bits per heavy atom. The van der Waals surface area contributed by atoms with Gasteiger partial charge in [-0.05, 0) is 18.2 Å². The highest BCUT2D eigenvalue weighted by molar-refractivity contribution is 5.49. The molecule has 0 saturated heterocycles. The maximum atomic E-state index is 8.81. The van der Waals surface area contributed by atoms with Crippen LogP contribution in [0.3, 0.4) is 0 Å². The summed E-state index contributed by atoms with van der Waals surface area (Å²) in [6.07, 6.45) is 4.12. The fraction of sp³-hybridized carbons (Fsp3) is 0.273. The third-order valence-corrected chi connectivity index (χ3v) is 1.79. The minimum absolute atomic E-state index is 0.112. The minimum Gasteiger partial charge on any atom is -0.392 e. The Morgan fingerprint density at radius 2 is 2.00 bits per heavy atom.